The minimum absolute atomic E-state index is 0.153. The van der Waals surface area contributed by atoms with E-state index in [2.05, 4.69) is 5.32 Å². The predicted octanol–water partition coefficient (Wildman–Crippen LogP) is 2.08. The number of imide groups is 1. The second-order valence-electron chi connectivity index (χ2n) is 9.41. The largest absolute Gasteiger partial charge is 0.444 e. The number of rotatable bonds is 3. The highest BCUT2D eigenvalue weighted by Crippen LogP contribution is 2.29. The van der Waals surface area contributed by atoms with Gasteiger partial charge in [0.1, 0.15) is 5.60 Å². The number of nitrogens with zero attached hydrogens (tertiary/aromatic N) is 3. The fourth-order valence-electron chi connectivity index (χ4n) is 4.35. The summed E-state index contributed by atoms with van der Waals surface area (Å²) >= 11 is 0. The van der Waals surface area contributed by atoms with Gasteiger partial charge in [-0.05, 0) is 45.7 Å². The van der Waals surface area contributed by atoms with Crippen LogP contribution in [0.5, 0.6) is 0 Å². The minimum atomic E-state index is -0.547. The number of urea groups is 1. The Morgan fingerprint density at radius 1 is 1.03 bits per heavy atom. The second kappa shape index (κ2) is 7.55. The first-order valence-corrected chi connectivity index (χ1v) is 10.6. The maximum atomic E-state index is 12.6. The Hall–Kier alpha value is -3.10. The van der Waals surface area contributed by atoms with E-state index in [9.17, 15) is 19.2 Å². The Balaban J connectivity index is 1.32. The lowest BCUT2D eigenvalue weighted by atomic mass is 9.88. The van der Waals surface area contributed by atoms with Crippen LogP contribution in [0.2, 0.25) is 0 Å². The molecular formula is C22H28N4O5. The van der Waals surface area contributed by atoms with Crippen LogP contribution < -0.4 is 5.32 Å². The van der Waals surface area contributed by atoms with E-state index in [1.54, 1.807) is 34.1 Å². The summed E-state index contributed by atoms with van der Waals surface area (Å²) in [6.45, 7) is 7.41. The van der Waals surface area contributed by atoms with Crippen LogP contribution in [0, 0.1) is 0 Å². The third-order valence-electron chi connectivity index (χ3n) is 6.00. The summed E-state index contributed by atoms with van der Waals surface area (Å²) in [6.07, 6.45) is 0.914. The smallest absolute Gasteiger partial charge is 0.410 e. The summed E-state index contributed by atoms with van der Waals surface area (Å²) < 4.78 is 5.43. The maximum Gasteiger partial charge on any atom is 0.410 e. The molecule has 3 heterocycles. The molecule has 5 amide bonds. The average molecular weight is 428 g/mol. The van der Waals surface area contributed by atoms with Crippen LogP contribution in [0.1, 0.15) is 54.3 Å². The molecule has 1 aromatic rings. The number of piperidine rings is 1. The van der Waals surface area contributed by atoms with Crippen LogP contribution in [-0.2, 0) is 4.74 Å². The van der Waals surface area contributed by atoms with Gasteiger partial charge in [-0.15, -0.1) is 0 Å². The van der Waals surface area contributed by atoms with E-state index >= 15 is 0 Å². The van der Waals surface area contributed by atoms with Crippen molar-refractivity contribution in [3.8, 4) is 0 Å². The number of hydrogen-bond donors (Lipinski definition) is 1. The number of hydrogen-bond acceptors (Lipinski definition) is 5. The minimum Gasteiger partial charge on any atom is -0.444 e. The van der Waals surface area contributed by atoms with Gasteiger partial charge in [0.25, 0.3) is 11.8 Å². The van der Waals surface area contributed by atoms with Crippen molar-refractivity contribution < 1.29 is 23.9 Å². The lowest BCUT2D eigenvalue weighted by Crippen LogP contribution is -2.54. The maximum absolute atomic E-state index is 12.6. The van der Waals surface area contributed by atoms with Crippen molar-refractivity contribution in [3.63, 3.8) is 0 Å². The molecule has 1 N–H and O–H groups in total. The van der Waals surface area contributed by atoms with Crippen molar-refractivity contribution >= 4 is 23.9 Å². The summed E-state index contributed by atoms with van der Waals surface area (Å²) in [4.78, 5) is 54.4. The molecule has 2 saturated heterocycles. The Morgan fingerprint density at radius 2 is 1.61 bits per heavy atom. The van der Waals surface area contributed by atoms with Gasteiger partial charge in [-0.3, -0.25) is 14.5 Å². The molecule has 0 unspecified atom stereocenters. The highest BCUT2D eigenvalue weighted by molar-refractivity contribution is 6.21. The van der Waals surface area contributed by atoms with Crippen molar-refractivity contribution in [1.82, 2.24) is 20.0 Å². The van der Waals surface area contributed by atoms with Gasteiger partial charge in [-0.25, -0.2) is 9.59 Å². The lowest BCUT2D eigenvalue weighted by Gasteiger charge is -2.39. The number of carbonyl (C=O) groups excluding carboxylic acids is 4. The molecule has 0 aliphatic carbocycles. The van der Waals surface area contributed by atoms with Gasteiger partial charge in [-0.2, -0.15) is 0 Å². The van der Waals surface area contributed by atoms with Gasteiger partial charge in [0.15, 0.2) is 0 Å². The average Bonchev–Trinajstić information content (AvgIpc) is 3.13. The Bertz CT molecular complexity index is 895. The van der Waals surface area contributed by atoms with Crippen LogP contribution in [-0.4, -0.2) is 82.5 Å². The summed E-state index contributed by atoms with van der Waals surface area (Å²) in [6, 6.07) is 6.54. The van der Waals surface area contributed by atoms with E-state index in [-0.39, 0.29) is 37.0 Å². The van der Waals surface area contributed by atoms with E-state index in [0.717, 1.165) is 0 Å². The normalized spacial score (nSPS) is 20.4. The summed E-state index contributed by atoms with van der Waals surface area (Å²) in [5.74, 6) is -0.638. The number of amides is 5. The van der Waals surface area contributed by atoms with Crippen molar-refractivity contribution in [1.29, 1.82) is 0 Å². The molecule has 31 heavy (non-hydrogen) atoms. The molecular weight excluding hydrogens is 400 g/mol. The van der Waals surface area contributed by atoms with Gasteiger partial charge in [0, 0.05) is 32.7 Å². The van der Waals surface area contributed by atoms with Gasteiger partial charge in [0.05, 0.1) is 16.7 Å². The third kappa shape index (κ3) is 4.08. The van der Waals surface area contributed by atoms with Crippen LogP contribution in [0.4, 0.5) is 9.59 Å². The first kappa shape index (κ1) is 21.1. The Labute approximate surface area is 181 Å². The molecule has 3 aliphatic heterocycles. The number of nitrogens with one attached hydrogen (secondary N) is 1. The number of benzene rings is 1. The van der Waals surface area contributed by atoms with Crippen molar-refractivity contribution in [2.24, 2.45) is 0 Å². The zero-order valence-corrected chi connectivity index (χ0v) is 18.1. The predicted molar refractivity (Wildman–Crippen MR) is 112 cm³/mol. The monoisotopic (exact) mass is 428 g/mol. The highest BCUT2D eigenvalue weighted by Gasteiger charge is 2.46. The zero-order chi connectivity index (χ0) is 22.4. The number of fused-ring (bicyclic) bond motifs is 1. The SMILES string of the molecule is CC(C)(C)OC(=O)N1CCC2(CC1)CN(CCN1C(=O)c3ccccc3C1=O)C(=O)N2. The molecule has 0 saturated carbocycles. The fourth-order valence-corrected chi connectivity index (χ4v) is 4.35. The van der Waals surface area contributed by atoms with Crippen LogP contribution in [0.25, 0.3) is 0 Å². The van der Waals surface area contributed by atoms with Crippen LogP contribution >= 0.6 is 0 Å². The molecule has 166 valence electrons. The summed E-state index contributed by atoms with van der Waals surface area (Å²) in [5.41, 5.74) is -0.138. The standard InChI is InChI=1S/C22H28N4O5/c1-21(2,3)31-20(30)24-10-8-22(9-11-24)14-25(19(29)23-22)12-13-26-17(27)15-6-4-5-7-16(15)18(26)28/h4-7H,8-14H2,1-3H3,(H,23,29). The Kier molecular flexibility index (Phi) is 5.15. The molecule has 3 aliphatic rings. The molecule has 0 atom stereocenters. The van der Waals surface area contributed by atoms with Gasteiger partial charge >= 0.3 is 12.1 Å². The van der Waals surface area contributed by atoms with Crippen molar-refractivity contribution in [2.45, 2.75) is 44.8 Å². The zero-order valence-electron chi connectivity index (χ0n) is 18.1. The lowest BCUT2D eigenvalue weighted by molar-refractivity contribution is 0.0161. The summed E-state index contributed by atoms with van der Waals surface area (Å²) in [7, 11) is 0. The van der Waals surface area contributed by atoms with Crippen LogP contribution in [0.15, 0.2) is 24.3 Å². The second-order valence-corrected chi connectivity index (χ2v) is 9.41. The fraction of sp³-hybridized carbons (Fsp3) is 0.545. The van der Waals surface area contributed by atoms with E-state index in [1.165, 1.54) is 4.90 Å². The molecule has 4 rings (SSSR count). The molecule has 0 bridgehead atoms. The van der Waals surface area contributed by atoms with Gasteiger partial charge < -0.3 is 19.9 Å². The molecule has 2 fully saturated rings. The Morgan fingerprint density at radius 3 is 2.16 bits per heavy atom. The van der Waals surface area contributed by atoms with E-state index in [4.69, 9.17) is 4.74 Å². The van der Waals surface area contributed by atoms with Crippen molar-refractivity contribution in [3.05, 3.63) is 35.4 Å². The molecule has 9 nitrogen and oxygen atoms in total. The van der Waals surface area contributed by atoms with E-state index in [1.807, 2.05) is 20.8 Å². The first-order chi connectivity index (χ1) is 14.6. The topological polar surface area (TPSA) is 99.3 Å². The number of carbonyl (C=O) groups is 4. The molecule has 1 spiro atoms. The third-order valence-corrected chi connectivity index (χ3v) is 6.00. The van der Waals surface area contributed by atoms with E-state index in [0.29, 0.717) is 43.6 Å². The van der Waals surface area contributed by atoms with Crippen LogP contribution in [0.3, 0.4) is 0 Å². The molecule has 1 aromatic carbocycles. The molecule has 0 radical (unpaired) electrons. The van der Waals surface area contributed by atoms with Crippen molar-refractivity contribution in [2.75, 3.05) is 32.7 Å². The van der Waals surface area contributed by atoms with Gasteiger partial charge in [0.2, 0.25) is 0 Å². The molecule has 0 aromatic heterocycles. The first-order valence-electron chi connectivity index (χ1n) is 10.6. The number of likely N-dealkylation sites (tertiary alicyclic amines) is 1. The number of ether oxygens (including phenoxy) is 1. The van der Waals surface area contributed by atoms with E-state index < -0.39 is 11.1 Å². The quantitative estimate of drug-likeness (QED) is 0.743. The molecule has 9 heteroatoms. The highest BCUT2D eigenvalue weighted by atomic mass is 16.6. The van der Waals surface area contributed by atoms with Gasteiger partial charge in [-0.1, -0.05) is 12.1 Å². The summed E-state index contributed by atoms with van der Waals surface area (Å²) in [5, 5.41) is 3.06.